The number of carbonyl (C=O) groups is 1. The Hall–Kier alpha value is -1.99. The smallest absolute Gasteiger partial charge is 0.323 e. The highest BCUT2D eigenvalue weighted by atomic mass is 16.4. The van der Waals surface area contributed by atoms with Crippen molar-refractivity contribution >= 4 is 17.9 Å². The summed E-state index contributed by atoms with van der Waals surface area (Å²) >= 11 is 0. The number of hydrogen-bond donors (Lipinski definition) is 6. The van der Waals surface area contributed by atoms with Crippen LogP contribution in [0.5, 0.6) is 0 Å². The van der Waals surface area contributed by atoms with E-state index in [-0.39, 0.29) is 18.5 Å². The number of carboxylic acids is 1. The van der Waals surface area contributed by atoms with Crippen molar-refractivity contribution in [2.24, 2.45) is 17.2 Å². The number of likely N-dealkylation sites (N-methyl/N-ethyl adjacent to an activating group) is 1. The number of nitrogens with one attached hydrogen (secondary N) is 2. The summed E-state index contributed by atoms with van der Waals surface area (Å²) in [5, 5.41) is 20.9. The third kappa shape index (κ3) is 17.8. The van der Waals surface area contributed by atoms with Crippen LogP contribution in [0.4, 0.5) is 0 Å². The molecule has 76 valence electrons. The number of guanidine groups is 2. The fourth-order valence-electron chi connectivity index (χ4n) is 0.288. The molecule has 0 bridgehead atoms. The highest BCUT2D eigenvalue weighted by Gasteiger charge is 2.03. The molecule has 0 atom stereocenters. The van der Waals surface area contributed by atoms with Crippen LogP contribution in [-0.4, -0.2) is 41.5 Å². The van der Waals surface area contributed by atoms with Gasteiger partial charge >= 0.3 is 5.97 Å². The maximum absolute atomic E-state index is 9.92. The summed E-state index contributed by atoms with van der Waals surface area (Å²) in [6, 6.07) is 0. The summed E-state index contributed by atoms with van der Waals surface area (Å²) in [5.41, 5.74) is 13.9. The Morgan fingerprint density at radius 3 is 1.77 bits per heavy atom. The lowest BCUT2D eigenvalue weighted by molar-refractivity contribution is -0.137. The standard InChI is InChI=1S/C4H9N3O2.CH5N3/c1-7(4(5)6)2-3(8)9;2-1(3)4/h2H2,1H3,(H3,5,6)(H,8,9);(H5,2,3,4). The van der Waals surface area contributed by atoms with Gasteiger partial charge in [0.25, 0.3) is 0 Å². The molecule has 0 spiro atoms. The van der Waals surface area contributed by atoms with Gasteiger partial charge in [-0.2, -0.15) is 0 Å². The summed E-state index contributed by atoms with van der Waals surface area (Å²) in [5.74, 6) is -1.56. The first kappa shape index (κ1) is 13.6. The molecule has 0 aliphatic rings. The van der Waals surface area contributed by atoms with Gasteiger partial charge in [0.1, 0.15) is 6.54 Å². The average molecular weight is 190 g/mol. The molecule has 9 N–H and O–H groups in total. The predicted octanol–water partition coefficient (Wildman–Crippen LogP) is -2.27. The van der Waals surface area contributed by atoms with Crippen molar-refractivity contribution in [2.45, 2.75) is 0 Å². The Morgan fingerprint density at radius 1 is 1.38 bits per heavy atom. The first-order valence-corrected chi connectivity index (χ1v) is 3.13. The Kier molecular flexibility index (Phi) is 7.01. The summed E-state index contributed by atoms with van der Waals surface area (Å²) in [4.78, 5) is 11.0. The van der Waals surface area contributed by atoms with Crippen LogP contribution >= 0.6 is 0 Å². The molecule has 0 aliphatic heterocycles. The highest BCUT2D eigenvalue weighted by molar-refractivity contribution is 5.79. The van der Waals surface area contributed by atoms with Crippen LogP contribution in [0.25, 0.3) is 0 Å². The Morgan fingerprint density at radius 2 is 1.69 bits per heavy atom. The SMILES string of the molecule is CN(CC(=O)O)C(=N)N.N=C(N)N. The van der Waals surface area contributed by atoms with Gasteiger partial charge in [-0.1, -0.05) is 0 Å². The third-order valence-corrected chi connectivity index (χ3v) is 0.784. The minimum atomic E-state index is -0.993. The Bertz CT molecular complexity index is 199. The van der Waals surface area contributed by atoms with Crippen LogP contribution in [0.3, 0.4) is 0 Å². The molecule has 8 heteroatoms. The second-order valence-electron chi connectivity index (χ2n) is 2.09. The van der Waals surface area contributed by atoms with Gasteiger partial charge in [-0.3, -0.25) is 15.6 Å². The summed E-state index contributed by atoms with van der Waals surface area (Å²) < 4.78 is 0. The van der Waals surface area contributed by atoms with Gasteiger partial charge in [0.05, 0.1) is 0 Å². The van der Waals surface area contributed by atoms with Gasteiger partial charge in [-0.05, 0) is 0 Å². The minimum Gasteiger partial charge on any atom is -0.480 e. The number of aliphatic carboxylic acids is 1. The minimum absolute atomic E-state index is 0.227. The van der Waals surface area contributed by atoms with Gasteiger partial charge < -0.3 is 27.2 Å². The van der Waals surface area contributed by atoms with Crippen molar-refractivity contribution in [3.05, 3.63) is 0 Å². The number of hydrogen-bond acceptors (Lipinski definition) is 3. The molecule has 0 fully saturated rings. The molecule has 0 aromatic heterocycles. The van der Waals surface area contributed by atoms with E-state index in [1.807, 2.05) is 0 Å². The second-order valence-corrected chi connectivity index (χ2v) is 2.09. The molecular formula is C5H14N6O2. The van der Waals surface area contributed by atoms with Crippen LogP contribution in [0.15, 0.2) is 0 Å². The lowest BCUT2D eigenvalue weighted by atomic mass is 10.6. The van der Waals surface area contributed by atoms with Gasteiger partial charge in [0, 0.05) is 7.05 Å². The van der Waals surface area contributed by atoms with Crippen molar-refractivity contribution in [1.29, 1.82) is 10.8 Å². The van der Waals surface area contributed by atoms with E-state index < -0.39 is 5.97 Å². The van der Waals surface area contributed by atoms with Crippen LogP contribution in [-0.2, 0) is 4.79 Å². The molecule has 0 aliphatic carbocycles. The van der Waals surface area contributed by atoms with E-state index in [2.05, 4.69) is 11.5 Å². The molecule has 13 heavy (non-hydrogen) atoms. The summed E-state index contributed by atoms with van der Waals surface area (Å²) in [6.45, 7) is -0.227. The van der Waals surface area contributed by atoms with Gasteiger partial charge in [0.2, 0.25) is 0 Å². The average Bonchev–Trinajstić information content (AvgIpc) is 1.83. The maximum atomic E-state index is 9.92. The fraction of sp³-hybridized carbons (Fsp3) is 0.400. The van der Waals surface area contributed by atoms with Crippen molar-refractivity contribution in [2.75, 3.05) is 13.6 Å². The summed E-state index contributed by atoms with van der Waals surface area (Å²) in [6.07, 6.45) is 0. The van der Waals surface area contributed by atoms with Gasteiger partial charge in [0.15, 0.2) is 11.9 Å². The number of carboxylic acid groups (broad SMARTS) is 1. The number of rotatable bonds is 2. The van der Waals surface area contributed by atoms with Crippen LogP contribution in [0.1, 0.15) is 0 Å². The predicted molar refractivity (Wildman–Crippen MR) is 48.3 cm³/mol. The molecule has 0 radical (unpaired) electrons. The van der Waals surface area contributed by atoms with E-state index in [0.29, 0.717) is 0 Å². The quantitative estimate of drug-likeness (QED) is 0.212. The Labute approximate surface area is 75.3 Å². The normalized spacial score (nSPS) is 7.77. The topological polar surface area (TPSA) is 166 Å². The number of nitrogens with zero attached hydrogens (tertiary/aromatic N) is 1. The summed E-state index contributed by atoms with van der Waals surface area (Å²) in [7, 11) is 1.44. The zero-order valence-corrected chi connectivity index (χ0v) is 7.24. The molecule has 0 saturated carbocycles. The van der Waals surface area contributed by atoms with Crippen molar-refractivity contribution < 1.29 is 9.90 Å². The van der Waals surface area contributed by atoms with Crippen LogP contribution < -0.4 is 17.2 Å². The lowest BCUT2D eigenvalue weighted by Gasteiger charge is -2.12. The highest BCUT2D eigenvalue weighted by Crippen LogP contribution is 1.76. The van der Waals surface area contributed by atoms with Gasteiger partial charge in [-0.25, -0.2) is 0 Å². The zero-order valence-electron chi connectivity index (χ0n) is 7.24. The van der Waals surface area contributed by atoms with E-state index in [9.17, 15) is 4.79 Å². The molecular weight excluding hydrogens is 176 g/mol. The lowest BCUT2D eigenvalue weighted by Crippen LogP contribution is -2.36. The van der Waals surface area contributed by atoms with Crippen LogP contribution in [0.2, 0.25) is 0 Å². The molecule has 0 unspecified atom stereocenters. The second kappa shape index (κ2) is 6.70. The third-order valence-electron chi connectivity index (χ3n) is 0.784. The van der Waals surface area contributed by atoms with E-state index in [4.69, 9.17) is 21.7 Å². The molecule has 0 heterocycles. The van der Waals surface area contributed by atoms with Crippen molar-refractivity contribution in [3.8, 4) is 0 Å². The first-order valence-electron chi connectivity index (χ1n) is 3.13. The Balaban J connectivity index is 0. The van der Waals surface area contributed by atoms with Gasteiger partial charge in [-0.15, -0.1) is 0 Å². The van der Waals surface area contributed by atoms with Crippen molar-refractivity contribution in [3.63, 3.8) is 0 Å². The van der Waals surface area contributed by atoms with E-state index >= 15 is 0 Å². The van der Waals surface area contributed by atoms with E-state index in [1.165, 1.54) is 7.05 Å². The largest absolute Gasteiger partial charge is 0.480 e. The molecule has 0 rings (SSSR count). The molecule has 0 saturated heterocycles. The molecule has 0 aromatic rings. The maximum Gasteiger partial charge on any atom is 0.323 e. The van der Waals surface area contributed by atoms with Crippen LogP contribution in [0, 0.1) is 10.8 Å². The monoisotopic (exact) mass is 190 g/mol. The molecule has 0 aromatic carbocycles. The molecule has 0 amide bonds. The van der Waals surface area contributed by atoms with E-state index in [0.717, 1.165) is 4.90 Å². The molecule has 8 nitrogen and oxygen atoms in total. The number of nitrogens with two attached hydrogens (primary N) is 3. The first-order chi connectivity index (χ1) is 5.77. The van der Waals surface area contributed by atoms with Crippen molar-refractivity contribution in [1.82, 2.24) is 4.90 Å². The van der Waals surface area contributed by atoms with E-state index in [1.54, 1.807) is 0 Å². The fourth-order valence-corrected chi connectivity index (χ4v) is 0.288. The zero-order chi connectivity index (χ0) is 11.0.